The number of anilines is 1. The maximum Gasteiger partial charge on any atom is 0.264 e. The predicted molar refractivity (Wildman–Crippen MR) is 149 cm³/mol. The van der Waals surface area contributed by atoms with Crippen LogP contribution in [0.3, 0.4) is 0 Å². The lowest BCUT2D eigenvalue weighted by Gasteiger charge is -2.32. The molecule has 2 amide bonds. The van der Waals surface area contributed by atoms with Gasteiger partial charge in [0.05, 0.1) is 22.7 Å². The van der Waals surface area contributed by atoms with Gasteiger partial charge in [0, 0.05) is 13.1 Å². The molecular formula is C28H32ClN3O5S. The number of hydrogen-bond donors (Lipinski definition) is 1. The summed E-state index contributed by atoms with van der Waals surface area (Å²) in [5, 5.41) is 2.99. The smallest absolute Gasteiger partial charge is 0.264 e. The third kappa shape index (κ3) is 7.05. The first kappa shape index (κ1) is 29.0. The molecule has 1 atom stereocenters. The highest BCUT2D eigenvalue weighted by Crippen LogP contribution is 2.30. The van der Waals surface area contributed by atoms with E-state index in [0.717, 1.165) is 16.3 Å². The Bertz CT molecular complexity index is 1330. The number of halogens is 1. The largest absolute Gasteiger partial charge is 0.497 e. The fourth-order valence-electron chi connectivity index (χ4n) is 3.79. The minimum absolute atomic E-state index is 0.0168. The van der Waals surface area contributed by atoms with E-state index in [1.807, 2.05) is 6.92 Å². The topological polar surface area (TPSA) is 96.0 Å². The first-order valence-corrected chi connectivity index (χ1v) is 14.0. The van der Waals surface area contributed by atoms with Gasteiger partial charge in [0.15, 0.2) is 0 Å². The molecule has 0 spiro atoms. The molecule has 3 rings (SSSR count). The van der Waals surface area contributed by atoms with Gasteiger partial charge in [-0.05, 0) is 55.3 Å². The lowest BCUT2D eigenvalue weighted by Crippen LogP contribution is -2.51. The molecule has 0 aromatic heterocycles. The van der Waals surface area contributed by atoms with Crippen molar-refractivity contribution in [2.75, 3.05) is 24.5 Å². The van der Waals surface area contributed by atoms with Crippen LogP contribution in [0.15, 0.2) is 83.8 Å². The number of carbonyl (C=O) groups is 2. The molecule has 0 aliphatic carbocycles. The van der Waals surface area contributed by atoms with Gasteiger partial charge in [-0.25, -0.2) is 8.42 Å². The average molecular weight is 558 g/mol. The van der Waals surface area contributed by atoms with E-state index >= 15 is 0 Å². The molecule has 0 aliphatic rings. The number of ether oxygens (including phenoxy) is 1. The minimum Gasteiger partial charge on any atom is -0.497 e. The van der Waals surface area contributed by atoms with Crippen molar-refractivity contribution >= 4 is 39.1 Å². The van der Waals surface area contributed by atoms with E-state index in [2.05, 4.69) is 5.32 Å². The highest BCUT2D eigenvalue weighted by atomic mass is 35.5. The molecule has 0 aliphatic heterocycles. The van der Waals surface area contributed by atoms with Crippen LogP contribution in [0.2, 0.25) is 5.02 Å². The maximum atomic E-state index is 13.8. The quantitative estimate of drug-likeness (QED) is 0.354. The van der Waals surface area contributed by atoms with Gasteiger partial charge < -0.3 is 15.0 Å². The monoisotopic (exact) mass is 557 g/mol. The molecule has 10 heteroatoms. The first-order valence-electron chi connectivity index (χ1n) is 12.2. The Kier molecular flexibility index (Phi) is 10.2. The summed E-state index contributed by atoms with van der Waals surface area (Å²) in [6.07, 6.45) is 0.737. The second-order valence-corrected chi connectivity index (χ2v) is 10.9. The number of carbonyl (C=O) groups excluding carboxylic acids is 2. The average Bonchev–Trinajstić information content (AvgIpc) is 2.94. The summed E-state index contributed by atoms with van der Waals surface area (Å²) in [6, 6.07) is 20.5. The number of para-hydroxylation sites is 1. The van der Waals surface area contributed by atoms with E-state index in [-0.39, 0.29) is 28.1 Å². The van der Waals surface area contributed by atoms with E-state index in [4.69, 9.17) is 16.3 Å². The number of hydrogen-bond acceptors (Lipinski definition) is 5. The highest BCUT2D eigenvalue weighted by molar-refractivity contribution is 7.92. The van der Waals surface area contributed by atoms with Crippen molar-refractivity contribution in [3.63, 3.8) is 0 Å². The normalized spacial score (nSPS) is 11.9. The molecule has 8 nitrogen and oxygen atoms in total. The number of nitrogens with zero attached hydrogens (tertiary/aromatic N) is 2. The number of sulfonamides is 1. The summed E-state index contributed by atoms with van der Waals surface area (Å²) < 4.78 is 33.6. The van der Waals surface area contributed by atoms with Crippen LogP contribution in [0.25, 0.3) is 0 Å². The second kappa shape index (κ2) is 13.3. The molecule has 0 saturated carbocycles. The third-order valence-electron chi connectivity index (χ3n) is 5.96. The van der Waals surface area contributed by atoms with Crippen LogP contribution in [0.4, 0.5) is 5.69 Å². The molecule has 3 aromatic carbocycles. The Labute approximate surface area is 229 Å². The van der Waals surface area contributed by atoms with Gasteiger partial charge in [-0.1, -0.05) is 61.0 Å². The molecular weight excluding hydrogens is 526 g/mol. The van der Waals surface area contributed by atoms with Crippen LogP contribution in [0.5, 0.6) is 5.75 Å². The first-order chi connectivity index (χ1) is 18.2. The summed E-state index contributed by atoms with van der Waals surface area (Å²) in [6.45, 7) is 3.55. The van der Waals surface area contributed by atoms with Crippen LogP contribution < -0.4 is 14.4 Å². The minimum atomic E-state index is -4.16. The van der Waals surface area contributed by atoms with E-state index < -0.39 is 28.5 Å². The van der Waals surface area contributed by atoms with Crippen LogP contribution in [-0.2, 0) is 26.2 Å². The van der Waals surface area contributed by atoms with E-state index in [0.29, 0.717) is 12.3 Å². The Balaban J connectivity index is 2.01. The molecule has 0 unspecified atom stereocenters. The molecule has 202 valence electrons. The summed E-state index contributed by atoms with van der Waals surface area (Å²) in [5.74, 6) is -0.234. The van der Waals surface area contributed by atoms with Gasteiger partial charge in [-0.15, -0.1) is 0 Å². The maximum absolute atomic E-state index is 13.8. The van der Waals surface area contributed by atoms with Crippen LogP contribution in [-0.4, -0.2) is 51.4 Å². The van der Waals surface area contributed by atoms with E-state index in [1.54, 1.807) is 80.8 Å². The number of benzene rings is 3. The number of amides is 2. The molecule has 3 aromatic rings. The van der Waals surface area contributed by atoms with Gasteiger partial charge >= 0.3 is 0 Å². The van der Waals surface area contributed by atoms with Crippen molar-refractivity contribution in [1.82, 2.24) is 10.2 Å². The van der Waals surface area contributed by atoms with Crippen molar-refractivity contribution < 1.29 is 22.7 Å². The molecule has 0 saturated heterocycles. The fraction of sp³-hybridized carbons (Fsp3) is 0.286. The lowest BCUT2D eigenvalue weighted by atomic mass is 10.1. The number of nitrogens with one attached hydrogen (secondary N) is 1. The molecule has 0 bridgehead atoms. The van der Waals surface area contributed by atoms with Crippen molar-refractivity contribution in [2.24, 2.45) is 0 Å². The lowest BCUT2D eigenvalue weighted by molar-refractivity contribution is -0.139. The number of methoxy groups -OCH3 is 1. The standard InChI is InChI=1S/C28H32ClN3O5S/c1-4-18-30-28(34)21(2)31(19-22-14-16-23(37-3)17-15-22)27(33)20-32(26-13-9-8-12-25(26)29)38(35,36)24-10-6-5-7-11-24/h5-17,21H,4,18-20H2,1-3H3,(H,30,34)/t21-/m0/s1. The second-order valence-electron chi connectivity index (χ2n) is 8.61. The van der Waals surface area contributed by atoms with Crippen molar-refractivity contribution in [3.05, 3.63) is 89.4 Å². The van der Waals surface area contributed by atoms with Gasteiger partial charge in [0.2, 0.25) is 11.8 Å². The van der Waals surface area contributed by atoms with Gasteiger partial charge in [-0.3, -0.25) is 13.9 Å². The van der Waals surface area contributed by atoms with Crippen LogP contribution in [0.1, 0.15) is 25.8 Å². The number of rotatable bonds is 12. The van der Waals surface area contributed by atoms with Crippen molar-refractivity contribution in [3.8, 4) is 5.75 Å². The zero-order valence-electron chi connectivity index (χ0n) is 21.6. The molecule has 0 radical (unpaired) electrons. The highest BCUT2D eigenvalue weighted by Gasteiger charge is 2.33. The Morgan fingerprint density at radius 3 is 2.21 bits per heavy atom. The summed E-state index contributed by atoms with van der Waals surface area (Å²) in [4.78, 5) is 28.1. The summed E-state index contributed by atoms with van der Waals surface area (Å²) in [7, 11) is -2.61. The zero-order chi connectivity index (χ0) is 27.7. The Morgan fingerprint density at radius 2 is 1.61 bits per heavy atom. The molecule has 0 fully saturated rings. The summed E-state index contributed by atoms with van der Waals surface area (Å²) >= 11 is 6.40. The van der Waals surface area contributed by atoms with Crippen molar-refractivity contribution in [2.45, 2.75) is 37.8 Å². The summed E-state index contributed by atoms with van der Waals surface area (Å²) in [5.41, 5.74) is 0.920. The van der Waals surface area contributed by atoms with Crippen molar-refractivity contribution in [1.29, 1.82) is 0 Å². The predicted octanol–water partition coefficient (Wildman–Crippen LogP) is 4.49. The Hall–Kier alpha value is -3.56. The molecule has 38 heavy (non-hydrogen) atoms. The molecule has 0 heterocycles. The van der Waals surface area contributed by atoms with Gasteiger partial charge in [0.25, 0.3) is 10.0 Å². The van der Waals surface area contributed by atoms with E-state index in [1.165, 1.54) is 17.0 Å². The van der Waals surface area contributed by atoms with Gasteiger partial charge in [-0.2, -0.15) is 0 Å². The molecule has 1 N–H and O–H groups in total. The van der Waals surface area contributed by atoms with E-state index in [9.17, 15) is 18.0 Å². The van der Waals surface area contributed by atoms with Gasteiger partial charge in [0.1, 0.15) is 18.3 Å². The SMILES string of the molecule is CCCNC(=O)[C@H](C)N(Cc1ccc(OC)cc1)C(=O)CN(c1ccccc1Cl)S(=O)(=O)c1ccccc1. The fourth-order valence-corrected chi connectivity index (χ4v) is 5.54. The van der Waals surface area contributed by atoms with Crippen LogP contribution >= 0.6 is 11.6 Å². The third-order valence-corrected chi connectivity index (χ3v) is 8.05. The zero-order valence-corrected chi connectivity index (χ0v) is 23.2. The van der Waals surface area contributed by atoms with Crippen LogP contribution in [0, 0.1) is 0 Å². The Morgan fingerprint density at radius 1 is 0.974 bits per heavy atom.